The molecule has 1 aromatic carbocycles. The molecule has 3 N–H and O–H groups in total. The van der Waals surface area contributed by atoms with Gasteiger partial charge in [-0.3, -0.25) is 19.9 Å². The van der Waals surface area contributed by atoms with Gasteiger partial charge in [0.25, 0.3) is 11.1 Å². The van der Waals surface area contributed by atoms with E-state index in [0.717, 1.165) is 36.7 Å². The molecule has 14 heteroatoms. The highest BCUT2D eigenvalue weighted by molar-refractivity contribution is 8.18. The molecule has 0 radical (unpaired) electrons. The maximum Gasteiger partial charge on any atom is 0.416 e. The molecule has 4 heterocycles. The van der Waals surface area contributed by atoms with Crippen molar-refractivity contribution in [2.24, 2.45) is 5.92 Å². The van der Waals surface area contributed by atoms with E-state index in [4.69, 9.17) is 0 Å². The summed E-state index contributed by atoms with van der Waals surface area (Å²) in [6.07, 6.45) is 0.0969. The Morgan fingerprint density at radius 3 is 2.60 bits per heavy atom. The van der Waals surface area contributed by atoms with Crippen LogP contribution in [0, 0.1) is 12.8 Å². The van der Waals surface area contributed by atoms with Crippen LogP contribution in [0.3, 0.4) is 0 Å². The Morgan fingerprint density at radius 2 is 1.93 bits per heavy atom. The molecule has 2 fully saturated rings. The Labute approximate surface area is 248 Å². The van der Waals surface area contributed by atoms with Crippen LogP contribution in [0.15, 0.2) is 47.5 Å². The standard InChI is InChI=1S/C29H27F3N6O4S/c1-16-2-3-21(26(40)41)22(10-16)23-12-18(29(30,31)32)11-20(35-23)15-33-14-17-5-8-38(9-6-17)27-34-7-4-19(36-27)13-24-25(39)37-28(42)43-24/h2-4,7,10-13,17,33H,5-6,8-9,14-15H2,1H3,(H,40,41)(H,37,39,42)/b24-13-. The van der Waals surface area contributed by atoms with Gasteiger partial charge in [-0.25, -0.2) is 14.8 Å². The van der Waals surface area contributed by atoms with Gasteiger partial charge in [-0.15, -0.1) is 0 Å². The number of imide groups is 1. The SMILES string of the molecule is Cc1ccc(C(=O)O)c(-c2cc(C(F)(F)F)cc(CNCC3CCN(c4nccc(/C=C5\SC(=O)NC5=O)n4)CC3)n2)c1. The number of aromatic carboxylic acids is 1. The second kappa shape index (κ2) is 12.5. The number of anilines is 1. The first-order chi connectivity index (χ1) is 20.5. The fourth-order valence-electron chi connectivity index (χ4n) is 4.93. The summed E-state index contributed by atoms with van der Waals surface area (Å²) >= 11 is 0.817. The number of rotatable bonds is 8. The molecule has 0 unspecified atom stereocenters. The van der Waals surface area contributed by atoms with Crippen molar-refractivity contribution in [1.82, 2.24) is 25.6 Å². The molecule has 3 aromatic rings. The van der Waals surface area contributed by atoms with E-state index >= 15 is 0 Å². The molecule has 224 valence electrons. The number of hydrogen-bond donors (Lipinski definition) is 3. The van der Waals surface area contributed by atoms with E-state index < -0.39 is 28.9 Å². The Morgan fingerprint density at radius 1 is 1.16 bits per heavy atom. The summed E-state index contributed by atoms with van der Waals surface area (Å²) in [7, 11) is 0. The topological polar surface area (TPSA) is 137 Å². The number of carbonyl (C=O) groups excluding carboxylic acids is 2. The zero-order valence-electron chi connectivity index (χ0n) is 22.9. The lowest BCUT2D eigenvalue weighted by Gasteiger charge is -2.32. The summed E-state index contributed by atoms with van der Waals surface area (Å²) in [6, 6.07) is 8.00. The number of hydrogen-bond acceptors (Lipinski definition) is 9. The third-order valence-corrected chi connectivity index (χ3v) is 7.92. The molecule has 43 heavy (non-hydrogen) atoms. The predicted octanol–water partition coefficient (Wildman–Crippen LogP) is 4.89. The molecule has 2 aliphatic heterocycles. The minimum absolute atomic E-state index is 0.0438. The number of aryl methyl sites for hydroxylation is 1. The van der Waals surface area contributed by atoms with Crippen molar-refractivity contribution in [3.63, 3.8) is 0 Å². The Hall–Kier alpha value is -4.30. The molecule has 10 nitrogen and oxygen atoms in total. The summed E-state index contributed by atoms with van der Waals surface area (Å²) in [5, 5.41) is 14.6. The van der Waals surface area contributed by atoms with Crippen LogP contribution >= 0.6 is 11.8 Å². The number of amides is 2. The van der Waals surface area contributed by atoms with E-state index in [9.17, 15) is 32.7 Å². The van der Waals surface area contributed by atoms with Gasteiger partial charge < -0.3 is 15.3 Å². The van der Waals surface area contributed by atoms with Crippen LogP contribution in [0.1, 0.15) is 45.7 Å². The molecule has 5 rings (SSSR count). The monoisotopic (exact) mass is 612 g/mol. The van der Waals surface area contributed by atoms with Crippen molar-refractivity contribution >= 4 is 40.9 Å². The Kier molecular flexibility index (Phi) is 8.78. The average molecular weight is 613 g/mol. The van der Waals surface area contributed by atoms with Crippen molar-refractivity contribution < 1.29 is 32.7 Å². The molecule has 2 saturated heterocycles. The van der Waals surface area contributed by atoms with E-state index in [1.807, 2.05) is 4.90 Å². The van der Waals surface area contributed by atoms with Crippen LogP contribution in [0.5, 0.6) is 0 Å². The number of pyridine rings is 1. The molecule has 0 spiro atoms. The van der Waals surface area contributed by atoms with E-state index in [0.29, 0.717) is 36.8 Å². The van der Waals surface area contributed by atoms with Gasteiger partial charge in [0.15, 0.2) is 0 Å². The molecule has 0 saturated carbocycles. The summed E-state index contributed by atoms with van der Waals surface area (Å²) in [5.74, 6) is -0.939. The number of nitrogens with zero attached hydrogens (tertiary/aromatic N) is 4. The first kappa shape index (κ1) is 30.2. The zero-order valence-corrected chi connectivity index (χ0v) is 23.8. The van der Waals surface area contributed by atoms with Crippen molar-refractivity contribution in [1.29, 1.82) is 0 Å². The number of aromatic nitrogens is 3. The molecular weight excluding hydrogens is 585 g/mol. The average Bonchev–Trinajstić information content (AvgIpc) is 3.28. The fourth-order valence-corrected chi connectivity index (χ4v) is 5.59. The quantitative estimate of drug-likeness (QED) is 0.302. The van der Waals surface area contributed by atoms with Crippen LogP contribution in [-0.2, 0) is 17.5 Å². The Balaban J connectivity index is 1.21. The number of nitrogens with one attached hydrogen (secondary N) is 2. The van der Waals surface area contributed by atoms with E-state index in [1.54, 1.807) is 31.3 Å². The normalized spacial score (nSPS) is 17.0. The molecule has 2 aliphatic rings. The predicted molar refractivity (Wildman–Crippen MR) is 154 cm³/mol. The Bertz CT molecular complexity index is 1610. The first-order valence-electron chi connectivity index (χ1n) is 13.4. The van der Waals surface area contributed by atoms with Crippen molar-refractivity contribution in [2.45, 2.75) is 32.5 Å². The van der Waals surface area contributed by atoms with Crippen LogP contribution in [0.2, 0.25) is 0 Å². The van der Waals surface area contributed by atoms with E-state index in [-0.39, 0.29) is 39.9 Å². The third kappa shape index (κ3) is 7.38. The largest absolute Gasteiger partial charge is 0.478 e. The maximum absolute atomic E-state index is 13.7. The van der Waals surface area contributed by atoms with Gasteiger partial charge in [-0.05, 0) is 80.4 Å². The number of alkyl halides is 3. The van der Waals surface area contributed by atoms with E-state index in [2.05, 4.69) is 25.6 Å². The lowest BCUT2D eigenvalue weighted by Crippen LogP contribution is -2.38. The number of benzene rings is 1. The number of carbonyl (C=O) groups is 3. The molecule has 0 aliphatic carbocycles. The maximum atomic E-state index is 13.7. The summed E-state index contributed by atoms with van der Waals surface area (Å²) in [5.41, 5.74) is 0.456. The zero-order chi connectivity index (χ0) is 30.7. The summed E-state index contributed by atoms with van der Waals surface area (Å²) < 4.78 is 41.2. The number of carboxylic acid groups (broad SMARTS) is 1. The second-order valence-electron chi connectivity index (χ2n) is 10.3. The molecular formula is C29H27F3N6O4S. The smallest absolute Gasteiger partial charge is 0.416 e. The number of halogens is 3. The van der Waals surface area contributed by atoms with Gasteiger partial charge in [-0.1, -0.05) is 11.6 Å². The third-order valence-electron chi connectivity index (χ3n) is 7.11. The molecule has 2 aromatic heterocycles. The van der Waals surface area contributed by atoms with Gasteiger partial charge in [-0.2, -0.15) is 13.2 Å². The second-order valence-corrected chi connectivity index (χ2v) is 11.3. The fraction of sp³-hybridized carbons (Fsp3) is 0.310. The summed E-state index contributed by atoms with van der Waals surface area (Å²) in [4.78, 5) is 50.5. The molecule has 0 bridgehead atoms. The summed E-state index contributed by atoms with van der Waals surface area (Å²) in [6.45, 7) is 3.70. The molecule has 0 atom stereocenters. The lowest BCUT2D eigenvalue weighted by molar-refractivity contribution is -0.137. The number of piperidine rings is 1. The van der Waals surface area contributed by atoms with Gasteiger partial charge in [0.05, 0.1) is 33.1 Å². The van der Waals surface area contributed by atoms with Gasteiger partial charge in [0.2, 0.25) is 5.95 Å². The van der Waals surface area contributed by atoms with Gasteiger partial charge in [0, 0.05) is 31.4 Å². The van der Waals surface area contributed by atoms with Crippen LogP contribution in [0.4, 0.5) is 23.9 Å². The molecule has 2 amide bonds. The van der Waals surface area contributed by atoms with Crippen LogP contribution in [0.25, 0.3) is 17.3 Å². The highest BCUT2D eigenvalue weighted by Gasteiger charge is 2.32. The van der Waals surface area contributed by atoms with Crippen LogP contribution in [-0.4, -0.2) is 56.8 Å². The highest BCUT2D eigenvalue weighted by atomic mass is 32.2. The highest BCUT2D eigenvalue weighted by Crippen LogP contribution is 2.34. The lowest BCUT2D eigenvalue weighted by atomic mass is 9.97. The van der Waals surface area contributed by atoms with Crippen LogP contribution < -0.4 is 15.5 Å². The van der Waals surface area contributed by atoms with E-state index in [1.165, 1.54) is 12.1 Å². The number of carboxylic acids is 1. The number of thioether (sulfide) groups is 1. The van der Waals surface area contributed by atoms with Crippen molar-refractivity contribution in [3.8, 4) is 11.3 Å². The van der Waals surface area contributed by atoms with Crippen molar-refractivity contribution in [3.05, 3.63) is 75.6 Å². The van der Waals surface area contributed by atoms with Gasteiger partial charge in [0.1, 0.15) is 0 Å². The van der Waals surface area contributed by atoms with Crippen molar-refractivity contribution in [2.75, 3.05) is 24.5 Å². The van der Waals surface area contributed by atoms with Gasteiger partial charge >= 0.3 is 12.1 Å². The first-order valence-corrected chi connectivity index (χ1v) is 14.2. The minimum atomic E-state index is -4.62. The minimum Gasteiger partial charge on any atom is -0.478 e.